The number of fused-ring (bicyclic) bond motifs is 3. The summed E-state index contributed by atoms with van der Waals surface area (Å²) in [4.78, 5) is 0. The molecule has 56 valence electrons. The Hall–Kier alpha value is -0.890. The lowest BCUT2D eigenvalue weighted by Crippen LogP contribution is -1.89. The Balaban J connectivity index is 2.18. The fourth-order valence-electron chi connectivity index (χ4n) is 1.82. The van der Waals surface area contributed by atoms with Gasteiger partial charge in [0.15, 0.2) is 0 Å². The van der Waals surface area contributed by atoms with E-state index >= 15 is 0 Å². The fraction of sp³-hybridized carbons (Fsp3) is 0.333. The number of ether oxygens (including phenoxy) is 1. The number of halogens is 1. The van der Waals surface area contributed by atoms with Gasteiger partial charge in [-0.2, -0.15) is 0 Å². The van der Waals surface area contributed by atoms with E-state index in [0.717, 1.165) is 12.0 Å². The summed E-state index contributed by atoms with van der Waals surface area (Å²) in [5.74, 6) is -0.134. The van der Waals surface area contributed by atoms with Crippen LogP contribution in [0.4, 0.5) is 4.39 Å². The van der Waals surface area contributed by atoms with Gasteiger partial charge in [-0.1, -0.05) is 6.07 Å². The highest BCUT2D eigenvalue weighted by molar-refractivity contribution is 5.39. The first-order chi connectivity index (χ1) is 5.34. The molecular weight excluding hydrogens is 143 g/mol. The van der Waals surface area contributed by atoms with Gasteiger partial charge in [0.1, 0.15) is 11.9 Å². The van der Waals surface area contributed by atoms with Gasteiger partial charge < -0.3 is 4.74 Å². The van der Waals surface area contributed by atoms with E-state index in [2.05, 4.69) is 0 Å². The fourth-order valence-corrected chi connectivity index (χ4v) is 1.82. The lowest BCUT2D eigenvalue weighted by molar-refractivity contribution is 0.360. The third kappa shape index (κ3) is 0.676. The highest BCUT2D eigenvalue weighted by atomic mass is 19.1. The van der Waals surface area contributed by atoms with Crippen molar-refractivity contribution in [3.63, 3.8) is 0 Å². The van der Waals surface area contributed by atoms with Crippen molar-refractivity contribution in [1.82, 2.24) is 0 Å². The minimum absolute atomic E-state index is 0.134. The van der Waals surface area contributed by atoms with Gasteiger partial charge in [0.05, 0.1) is 6.10 Å². The van der Waals surface area contributed by atoms with E-state index in [1.54, 1.807) is 6.07 Å². The van der Waals surface area contributed by atoms with Crippen LogP contribution in [0.1, 0.15) is 17.2 Å². The summed E-state index contributed by atoms with van der Waals surface area (Å²) in [5, 5.41) is 0. The van der Waals surface area contributed by atoms with E-state index in [9.17, 15) is 4.39 Å². The number of hydrogen-bond acceptors (Lipinski definition) is 1. The summed E-state index contributed by atoms with van der Waals surface area (Å²) < 4.78 is 18.0. The second-order valence-electron chi connectivity index (χ2n) is 3.14. The topological polar surface area (TPSA) is 12.5 Å². The molecule has 0 bridgehead atoms. The molecule has 1 aliphatic heterocycles. The number of rotatable bonds is 0. The van der Waals surface area contributed by atoms with Crippen LogP contribution in [0.3, 0.4) is 0 Å². The molecule has 1 unspecified atom stereocenters. The van der Waals surface area contributed by atoms with E-state index < -0.39 is 0 Å². The second kappa shape index (κ2) is 1.64. The van der Waals surface area contributed by atoms with Gasteiger partial charge in [0.2, 0.25) is 0 Å². The summed E-state index contributed by atoms with van der Waals surface area (Å²) in [7, 11) is 0. The zero-order chi connectivity index (χ0) is 7.42. The smallest absolute Gasteiger partial charge is 0.123 e. The normalized spacial score (nSPS) is 31.4. The van der Waals surface area contributed by atoms with Crippen LogP contribution in [0.5, 0.6) is 0 Å². The highest BCUT2D eigenvalue weighted by Crippen LogP contribution is 2.48. The Morgan fingerprint density at radius 3 is 3.27 bits per heavy atom. The first-order valence-corrected chi connectivity index (χ1v) is 3.78. The molecule has 1 fully saturated rings. The van der Waals surface area contributed by atoms with Crippen molar-refractivity contribution in [1.29, 1.82) is 0 Å². The van der Waals surface area contributed by atoms with Gasteiger partial charge >= 0.3 is 0 Å². The van der Waals surface area contributed by atoms with E-state index in [-0.39, 0.29) is 5.82 Å². The largest absolute Gasteiger partial charge is 0.364 e. The number of hydrogen-bond donors (Lipinski definition) is 0. The average Bonchev–Trinajstić information content (AvgIpc) is 2.63. The van der Waals surface area contributed by atoms with Crippen LogP contribution in [0.2, 0.25) is 0 Å². The van der Waals surface area contributed by atoms with Crippen molar-refractivity contribution in [2.24, 2.45) is 0 Å². The average molecular weight is 150 g/mol. The summed E-state index contributed by atoms with van der Waals surface area (Å²) in [6, 6.07) is 4.95. The molecule has 1 aromatic carbocycles. The summed E-state index contributed by atoms with van der Waals surface area (Å²) in [5.41, 5.74) is 2.32. The molecule has 2 aliphatic rings. The zero-order valence-corrected chi connectivity index (χ0v) is 5.88. The molecule has 0 N–H and O–H groups in total. The van der Waals surface area contributed by atoms with Crippen molar-refractivity contribution < 1.29 is 9.13 Å². The molecule has 1 heterocycles. The van der Waals surface area contributed by atoms with Gasteiger partial charge in [0, 0.05) is 6.42 Å². The first kappa shape index (κ1) is 5.72. The monoisotopic (exact) mass is 150 g/mol. The maximum absolute atomic E-state index is 12.7. The molecule has 2 heteroatoms. The molecule has 1 aliphatic carbocycles. The second-order valence-corrected chi connectivity index (χ2v) is 3.14. The van der Waals surface area contributed by atoms with E-state index in [1.165, 1.54) is 11.6 Å². The maximum Gasteiger partial charge on any atom is 0.123 e. The predicted octanol–water partition coefficient (Wildman–Crippen LogP) is 1.82. The van der Waals surface area contributed by atoms with Crippen LogP contribution in [0, 0.1) is 5.82 Å². The van der Waals surface area contributed by atoms with Crippen LogP contribution < -0.4 is 0 Å². The third-order valence-corrected chi connectivity index (χ3v) is 2.42. The number of epoxide rings is 1. The van der Waals surface area contributed by atoms with Crippen LogP contribution in [0.25, 0.3) is 0 Å². The van der Waals surface area contributed by atoms with E-state index in [1.807, 2.05) is 6.07 Å². The Morgan fingerprint density at radius 1 is 1.45 bits per heavy atom. The van der Waals surface area contributed by atoms with Gasteiger partial charge in [-0.3, -0.25) is 0 Å². The Bertz CT molecular complexity index is 321. The lowest BCUT2D eigenvalue weighted by atomic mass is 10.1. The zero-order valence-electron chi connectivity index (χ0n) is 5.88. The van der Waals surface area contributed by atoms with E-state index in [0.29, 0.717) is 12.2 Å². The van der Waals surface area contributed by atoms with Crippen molar-refractivity contribution in [2.75, 3.05) is 0 Å². The molecule has 3 rings (SSSR count). The molecular formula is C9H7FO. The molecule has 0 spiro atoms. The lowest BCUT2D eigenvalue weighted by Gasteiger charge is -2.00. The van der Waals surface area contributed by atoms with E-state index in [4.69, 9.17) is 4.74 Å². The number of benzene rings is 1. The molecule has 0 aromatic heterocycles. The van der Waals surface area contributed by atoms with Gasteiger partial charge in [-0.25, -0.2) is 4.39 Å². The quantitative estimate of drug-likeness (QED) is 0.514. The van der Waals surface area contributed by atoms with Gasteiger partial charge in [0.25, 0.3) is 0 Å². The first-order valence-electron chi connectivity index (χ1n) is 3.78. The standard InChI is InChI=1S/C9H7FO/c10-6-1-2-7-5(3-6)4-8-9(7)11-8/h1-3,8-9H,4H2/t8-,9?/m0/s1. The van der Waals surface area contributed by atoms with Crippen LogP contribution in [0.15, 0.2) is 18.2 Å². The van der Waals surface area contributed by atoms with Crippen LogP contribution in [-0.2, 0) is 11.2 Å². The molecule has 1 nitrogen and oxygen atoms in total. The minimum Gasteiger partial charge on any atom is -0.364 e. The maximum atomic E-state index is 12.7. The van der Waals surface area contributed by atoms with Crippen molar-refractivity contribution in [3.8, 4) is 0 Å². The summed E-state index contributed by atoms with van der Waals surface area (Å²) in [6.07, 6.45) is 1.56. The minimum atomic E-state index is -0.134. The highest BCUT2D eigenvalue weighted by Gasteiger charge is 2.46. The van der Waals surface area contributed by atoms with Gasteiger partial charge in [-0.15, -0.1) is 0 Å². The molecule has 0 saturated carbocycles. The molecule has 0 radical (unpaired) electrons. The summed E-state index contributed by atoms with van der Waals surface area (Å²) >= 11 is 0. The Labute approximate surface area is 63.8 Å². The predicted molar refractivity (Wildman–Crippen MR) is 37.7 cm³/mol. The summed E-state index contributed by atoms with van der Waals surface area (Å²) in [6.45, 7) is 0. The van der Waals surface area contributed by atoms with Crippen LogP contribution >= 0.6 is 0 Å². The molecule has 2 atom stereocenters. The third-order valence-electron chi connectivity index (χ3n) is 2.42. The van der Waals surface area contributed by atoms with Crippen molar-refractivity contribution in [3.05, 3.63) is 35.1 Å². The molecule has 1 aromatic rings. The Morgan fingerprint density at radius 2 is 2.36 bits per heavy atom. The Kier molecular flexibility index (Phi) is 0.853. The van der Waals surface area contributed by atoms with Gasteiger partial charge in [-0.05, 0) is 23.3 Å². The van der Waals surface area contributed by atoms with Crippen molar-refractivity contribution >= 4 is 0 Å². The molecule has 0 amide bonds. The van der Waals surface area contributed by atoms with Crippen molar-refractivity contribution in [2.45, 2.75) is 18.6 Å². The molecule has 1 saturated heterocycles. The SMILES string of the molecule is Fc1ccc2c(c1)C[C@@H]1OC21. The van der Waals surface area contributed by atoms with Crippen LogP contribution in [-0.4, -0.2) is 6.10 Å². The molecule has 11 heavy (non-hydrogen) atoms.